The Bertz CT molecular complexity index is 546. The fourth-order valence-electron chi connectivity index (χ4n) is 1.64. The van der Waals surface area contributed by atoms with Gasteiger partial charge in [-0.05, 0) is 32.4 Å². The van der Waals surface area contributed by atoms with Crippen LogP contribution in [-0.2, 0) is 6.54 Å². The molecule has 0 unspecified atom stereocenters. The molecular formula is C12H17Cl4N3. The molecule has 1 aromatic heterocycles. The van der Waals surface area contributed by atoms with Crippen molar-refractivity contribution in [1.82, 2.24) is 9.55 Å². The van der Waals surface area contributed by atoms with Crippen LogP contribution in [0.5, 0.6) is 0 Å². The highest BCUT2D eigenvalue weighted by molar-refractivity contribution is 6.42. The lowest BCUT2D eigenvalue weighted by Gasteiger charge is -2.18. The van der Waals surface area contributed by atoms with Gasteiger partial charge in [0, 0.05) is 12.1 Å². The van der Waals surface area contributed by atoms with Crippen molar-refractivity contribution in [2.45, 2.75) is 32.4 Å². The molecule has 2 aromatic rings. The highest BCUT2D eigenvalue weighted by Gasteiger charge is 2.12. The molecule has 108 valence electrons. The number of benzene rings is 1. The van der Waals surface area contributed by atoms with Gasteiger partial charge in [0.25, 0.3) is 0 Å². The number of nitrogens with zero attached hydrogens (tertiary/aromatic N) is 2. The van der Waals surface area contributed by atoms with Gasteiger partial charge in [0.15, 0.2) is 0 Å². The lowest BCUT2D eigenvalue weighted by Crippen LogP contribution is -2.33. The van der Waals surface area contributed by atoms with E-state index in [1.54, 1.807) is 12.4 Å². The minimum atomic E-state index is -0.188. The van der Waals surface area contributed by atoms with E-state index in [1.165, 1.54) is 0 Å². The molecule has 0 bridgehead atoms. The van der Waals surface area contributed by atoms with Crippen molar-refractivity contribution in [3.05, 3.63) is 28.5 Å². The smallest absolute Gasteiger partial charge is 0.0958 e. The standard InChI is InChI=1S/C12H15Cl2N3.2ClH/c1-12(2,15)3-4-17-7-16-10-5-8(13)9(14)6-11(10)17;;/h5-7H,3-4,15H2,1-2H3;2*1H. The van der Waals surface area contributed by atoms with Crippen LogP contribution in [0.3, 0.4) is 0 Å². The third kappa shape index (κ3) is 4.69. The zero-order chi connectivity index (χ0) is 12.6. The fraction of sp³-hybridized carbons (Fsp3) is 0.417. The van der Waals surface area contributed by atoms with Gasteiger partial charge in [0.2, 0.25) is 0 Å². The molecule has 0 fully saturated rings. The van der Waals surface area contributed by atoms with E-state index in [0.717, 1.165) is 24.0 Å². The molecule has 7 heteroatoms. The predicted octanol–water partition coefficient (Wildman–Crippen LogP) is 4.31. The normalized spacial score (nSPS) is 11.0. The van der Waals surface area contributed by atoms with Crippen molar-refractivity contribution < 1.29 is 0 Å². The van der Waals surface area contributed by atoms with Gasteiger partial charge in [-0.3, -0.25) is 0 Å². The molecule has 0 aliphatic heterocycles. The summed E-state index contributed by atoms with van der Waals surface area (Å²) >= 11 is 12.0. The van der Waals surface area contributed by atoms with Crippen molar-refractivity contribution in [1.29, 1.82) is 0 Å². The molecule has 0 saturated carbocycles. The lowest BCUT2D eigenvalue weighted by atomic mass is 10.0. The van der Waals surface area contributed by atoms with Crippen LogP contribution in [0.2, 0.25) is 10.0 Å². The number of halogens is 4. The fourth-order valence-corrected chi connectivity index (χ4v) is 1.96. The van der Waals surface area contributed by atoms with Gasteiger partial charge in [-0.25, -0.2) is 4.98 Å². The highest BCUT2D eigenvalue weighted by Crippen LogP contribution is 2.27. The molecule has 1 aromatic carbocycles. The van der Waals surface area contributed by atoms with Gasteiger partial charge in [-0.1, -0.05) is 23.2 Å². The van der Waals surface area contributed by atoms with Crippen molar-refractivity contribution in [3.8, 4) is 0 Å². The largest absolute Gasteiger partial charge is 0.330 e. The number of rotatable bonds is 3. The summed E-state index contributed by atoms with van der Waals surface area (Å²) in [5.74, 6) is 0. The average molecular weight is 345 g/mol. The molecule has 1 heterocycles. The van der Waals surface area contributed by atoms with Crippen molar-refractivity contribution in [3.63, 3.8) is 0 Å². The first-order valence-electron chi connectivity index (χ1n) is 5.45. The number of nitrogens with two attached hydrogens (primary N) is 1. The van der Waals surface area contributed by atoms with Crippen LogP contribution >= 0.6 is 48.0 Å². The van der Waals surface area contributed by atoms with E-state index in [9.17, 15) is 0 Å². The Kier molecular flexibility index (Phi) is 6.93. The lowest BCUT2D eigenvalue weighted by molar-refractivity contribution is 0.440. The second-order valence-electron chi connectivity index (χ2n) is 4.93. The van der Waals surface area contributed by atoms with Crippen LogP contribution in [0.1, 0.15) is 20.3 Å². The van der Waals surface area contributed by atoms with E-state index in [1.807, 2.05) is 24.5 Å². The summed E-state index contributed by atoms with van der Waals surface area (Å²) in [6.07, 6.45) is 2.67. The summed E-state index contributed by atoms with van der Waals surface area (Å²) in [4.78, 5) is 4.30. The molecule has 2 N–H and O–H groups in total. The molecule has 3 nitrogen and oxygen atoms in total. The SMILES string of the molecule is CC(C)(N)CCn1cnc2cc(Cl)c(Cl)cc21.Cl.Cl. The van der Waals surface area contributed by atoms with Crippen LogP contribution in [-0.4, -0.2) is 15.1 Å². The van der Waals surface area contributed by atoms with Crippen LogP contribution in [0.4, 0.5) is 0 Å². The Morgan fingerprint density at radius 2 is 1.79 bits per heavy atom. The Morgan fingerprint density at radius 1 is 1.21 bits per heavy atom. The maximum Gasteiger partial charge on any atom is 0.0958 e. The Balaban J connectivity index is 0.00000162. The number of fused-ring (bicyclic) bond motifs is 1. The molecule has 0 spiro atoms. The maximum absolute atomic E-state index is 6.01. The molecule has 0 atom stereocenters. The first-order chi connectivity index (χ1) is 7.87. The molecular weight excluding hydrogens is 328 g/mol. The van der Waals surface area contributed by atoms with E-state index >= 15 is 0 Å². The molecule has 0 aliphatic rings. The first kappa shape index (κ1) is 18.8. The molecule has 0 radical (unpaired) electrons. The zero-order valence-corrected chi connectivity index (χ0v) is 13.8. The quantitative estimate of drug-likeness (QED) is 0.901. The van der Waals surface area contributed by atoms with E-state index in [0.29, 0.717) is 10.0 Å². The van der Waals surface area contributed by atoms with Crippen LogP contribution in [0, 0.1) is 0 Å². The monoisotopic (exact) mass is 343 g/mol. The molecule has 0 saturated heterocycles. The van der Waals surface area contributed by atoms with Crippen molar-refractivity contribution in [2.75, 3.05) is 0 Å². The first-order valence-corrected chi connectivity index (χ1v) is 6.21. The number of hydrogen-bond donors (Lipinski definition) is 1. The second-order valence-corrected chi connectivity index (χ2v) is 5.75. The number of hydrogen-bond acceptors (Lipinski definition) is 2. The summed E-state index contributed by atoms with van der Waals surface area (Å²) in [5.41, 5.74) is 7.63. The van der Waals surface area contributed by atoms with Crippen LogP contribution in [0.15, 0.2) is 18.5 Å². The molecule has 2 rings (SSSR count). The van der Waals surface area contributed by atoms with Gasteiger partial charge in [0.05, 0.1) is 27.4 Å². The second kappa shape index (κ2) is 7.00. The highest BCUT2D eigenvalue weighted by atomic mass is 35.5. The molecule has 0 amide bonds. The number of aryl methyl sites for hydroxylation is 1. The minimum Gasteiger partial charge on any atom is -0.330 e. The Labute approximate surface area is 135 Å². The van der Waals surface area contributed by atoms with Gasteiger partial charge in [-0.15, -0.1) is 24.8 Å². The third-order valence-electron chi connectivity index (χ3n) is 2.66. The van der Waals surface area contributed by atoms with Crippen LogP contribution in [0.25, 0.3) is 11.0 Å². The summed E-state index contributed by atoms with van der Waals surface area (Å²) in [7, 11) is 0. The van der Waals surface area contributed by atoms with E-state index in [-0.39, 0.29) is 30.4 Å². The van der Waals surface area contributed by atoms with Crippen molar-refractivity contribution in [2.24, 2.45) is 5.73 Å². The maximum atomic E-state index is 6.01. The third-order valence-corrected chi connectivity index (χ3v) is 3.38. The predicted molar refractivity (Wildman–Crippen MR) is 87.1 cm³/mol. The number of imidazole rings is 1. The molecule has 19 heavy (non-hydrogen) atoms. The van der Waals surface area contributed by atoms with Crippen LogP contribution < -0.4 is 5.73 Å². The van der Waals surface area contributed by atoms with Crippen molar-refractivity contribution >= 4 is 59.0 Å². The Hall–Kier alpha value is -0.190. The Morgan fingerprint density at radius 3 is 2.37 bits per heavy atom. The summed E-state index contributed by atoms with van der Waals surface area (Å²) in [6.45, 7) is 4.84. The van der Waals surface area contributed by atoms with Gasteiger partial charge in [0.1, 0.15) is 0 Å². The zero-order valence-electron chi connectivity index (χ0n) is 10.7. The van der Waals surface area contributed by atoms with Gasteiger partial charge in [-0.2, -0.15) is 0 Å². The summed E-state index contributed by atoms with van der Waals surface area (Å²) in [5, 5.41) is 1.08. The van der Waals surface area contributed by atoms with E-state index in [2.05, 4.69) is 4.98 Å². The van der Waals surface area contributed by atoms with Gasteiger partial charge >= 0.3 is 0 Å². The topological polar surface area (TPSA) is 43.8 Å². The molecule has 0 aliphatic carbocycles. The summed E-state index contributed by atoms with van der Waals surface area (Å²) in [6, 6.07) is 3.62. The summed E-state index contributed by atoms with van der Waals surface area (Å²) < 4.78 is 2.05. The number of aromatic nitrogens is 2. The average Bonchev–Trinajstić information content (AvgIpc) is 2.57. The van der Waals surface area contributed by atoms with E-state index in [4.69, 9.17) is 28.9 Å². The van der Waals surface area contributed by atoms with Gasteiger partial charge < -0.3 is 10.3 Å². The minimum absolute atomic E-state index is 0. The van der Waals surface area contributed by atoms with E-state index < -0.39 is 0 Å².